The molecular formula is C15H17BrN4O. The number of methoxy groups -OCH3 is 1. The summed E-state index contributed by atoms with van der Waals surface area (Å²) < 4.78 is 6.14. The Morgan fingerprint density at radius 1 is 1.33 bits per heavy atom. The van der Waals surface area contributed by atoms with Crippen LogP contribution in [0.5, 0.6) is 0 Å². The molecule has 3 heterocycles. The maximum Gasteiger partial charge on any atom is 0.154 e. The van der Waals surface area contributed by atoms with E-state index in [1.807, 2.05) is 19.2 Å². The van der Waals surface area contributed by atoms with E-state index in [9.17, 15) is 0 Å². The van der Waals surface area contributed by atoms with Gasteiger partial charge in [0.1, 0.15) is 12.4 Å². The first-order valence-electron chi connectivity index (χ1n) is 6.87. The van der Waals surface area contributed by atoms with Crippen LogP contribution in [0, 0.1) is 6.92 Å². The third kappa shape index (κ3) is 3.22. The van der Waals surface area contributed by atoms with E-state index in [0.29, 0.717) is 6.61 Å². The Bertz CT molecular complexity index is 642. The summed E-state index contributed by atoms with van der Waals surface area (Å²) >= 11 is 3.53. The van der Waals surface area contributed by atoms with Crippen LogP contribution >= 0.6 is 15.9 Å². The van der Waals surface area contributed by atoms with Gasteiger partial charge >= 0.3 is 0 Å². The molecule has 0 amide bonds. The Morgan fingerprint density at radius 3 is 2.95 bits per heavy atom. The summed E-state index contributed by atoms with van der Waals surface area (Å²) in [4.78, 5) is 15.8. The maximum atomic E-state index is 5.09. The zero-order valence-corrected chi connectivity index (χ0v) is 13.7. The minimum absolute atomic E-state index is 0.462. The van der Waals surface area contributed by atoms with Crippen molar-refractivity contribution >= 4 is 21.7 Å². The Labute approximate surface area is 132 Å². The van der Waals surface area contributed by atoms with E-state index >= 15 is 0 Å². The summed E-state index contributed by atoms with van der Waals surface area (Å²) in [7, 11) is 1.66. The van der Waals surface area contributed by atoms with E-state index in [1.54, 1.807) is 7.11 Å². The zero-order chi connectivity index (χ0) is 14.8. The summed E-state index contributed by atoms with van der Waals surface area (Å²) in [5.74, 6) is 1.75. The molecule has 1 aliphatic rings. The number of hydrogen-bond donors (Lipinski definition) is 0. The molecule has 0 fully saturated rings. The van der Waals surface area contributed by atoms with Crippen molar-refractivity contribution in [3.05, 3.63) is 45.6 Å². The highest BCUT2D eigenvalue weighted by molar-refractivity contribution is 9.10. The summed E-state index contributed by atoms with van der Waals surface area (Å²) in [6.07, 6.45) is 2.81. The van der Waals surface area contributed by atoms with Crippen molar-refractivity contribution in [1.82, 2.24) is 15.0 Å². The second kappa shape index (κ2) is 6.07. The molecule has 2 aromatic heterocycles. The van der Waals surface area contributed by atoms with Crippen LogP contribution in [0.25, 0.3) is 0 Å². The molecule has 0 unspecified atom stereocenters. The van der Waals surface area contributed by atoms with Crippen molar-refractivity contribution in [3.63, 3.8) is 0 Å². The smallest absolute Gasteiger partial charge is 0.154 e. The monoisotopic (exact) mass is 348 g/mol. The minimum atomic E-state index is 0.462. The van der Waals surface area contributed by atoms with Crippen LogP contribution in [0.15, 0.2) is 22.8 Å². The topological polar surface area (TPSA) is 51.1 Å². The fraction of sp³-hybridized carbons (Fsp3) is 0.400. The molecule has 110 valence electrons. The number of anilines is 1. The highest BCUT2D eigenvalue weighted by Crippen LogP contribution is 2.24. The van der Waals surface area contributed by atoms with E-state index in [0.717, 1.165) is 47.0 Å². The van der Waals surface area contributed by atoms with Gasteiger partial charge in [-0.25, -0.2) is 15.0 Å². The normalized spacial score (nSPS) is 14.1. The van der Waals surface area contributed by atoms with Crippen molar-refractivity contribution in [2.24, 2.45) is 0 Å². The van der Waals surface area contributed by atoms with Crippen LogP contribution in [-0.4, -0.2) is 28.6 Å². The quantitative estimate of drug-likeness (QED) is 0.853. The second-order valence-electron chi connectivity index (χ2n) is 5.15. The van der Waals surface area contributed by atoms with Crippen LogP contribution in [-0.2, 0) is 24.3 Å². The van der Waals surface area contributed by atoms with Gasteiger partial charge in [-0.1, -0.05) is 15.9 Å². The van der Waals surface area contributed by atoms with E-state index in [1.165, 1.54) is 5.56 Å². The van der Waals surface area contributed by atoms with E-state index < -0.39 is 0 Å². The van der Waals surface area contributed by atoms with E-state index in [2.05, 4.69) is 41.8 Å². The van der Waals surface area contributed by atoms with Gasteiger partial charge < -0.3 is 9.64 Å². The maximum absolute atomic E-state index is 5.09. The Kier molecular flexibility index (Phi) is 4.17. The van der Waals surface area contributed by atoms with Gasteiger partial charge in [-0.15, -0.1) is 0 Å². The zero-order valence-electron chi connectivity index (χ0n) is 12.1. The molecule has 0 N–H and O–H groups in total. The van der Waals surface area contributed by atoms with Gasteiger partial charge in [0.2, 0.25) is 0 Å². The number of hydrogen-bond acceptors (Lipinski definition) is 5. The lowest BCUT2D eigenvalue weighted by Crippen LogP contribution is -2.32. The number of fused-ring (bicyclic) bond motifs is 1. The predicted octanol–water partition coefficient (Wildman–Crippen LogP) is 2.65. The Balaban J connectivity index is 1.84. The van der Waals surface area contributed by atoms with Crippen molar-refractivity contribution in [2.75, 3.05) is 18.6 Å². The van der Waals surface area contributed by atoms with Gasteiger partial charge in [-0.05, 0) is 19.1 Å². The molecule has 0 atom stereocenters. The third-order valence-electron chi connectivity index (χ3n) is 3.49. The average molecular weight is 349 g/mol. The molecule has 0 radical (unpaired) electrons. The van der Waals surface area contributed by atoms with Crippen molar-refractivity contribution in [1.29, 1.82) is 0 Å². The SMILES string of the molecule is COCc1ncc2c(n1)CCN(c1cc(Br)cc(C)n1)C2. The van der Waals surface area contributed by atoms with Gasteiger partial charge in [0.05, 0.1) is 5.69 Å². The van der Waals surface area contributed by atoms with E-state index in [-0.39, 0.29) is 0 Å². The van der Waals surface area contributed by atoms with Gasteiger partial charge in [-0.3, -0.25) is 0 Å². The molecule has 1 aliphatic heterocycles. The molecule has 0 saturated carbocycles. The number of pyridine rings is 1. The van der Waals surface area contributed by atoms with Crippen LogP contribution in [0.4, 0.5) is 5.82 Å². The van der Waals surface area contributed by atoms with Crippen LogP contribution in [0.2, 0.25) is 0 Å². The first-order chi connectivity index (χ1) is 10.2. The highest BCUT2D eigenvalue weighted by atomic mass is 79.9. The molecule has 0 aliphatic carbocycles. The number of aromatic nitrogens is 3. The summed E-state index contributed by atoms with van der Waals surface area (Å²) in [5, 5.41) is 0. The molecule has 5 nitrogen and oxygen atoms in total. The number of nitrogens with zero attached hydrogens (tertiary/aromatic N) is 4. The van der Waals surface area contributed by atoms with Gasteiger partial charge in [0.25, 0.3) is 0 Å². The molecule has 2 aromatic rings. The first kappa shape index (κ1) is 14.4. The van der Waals surface area contributed by atoms with Crippen molar-refractivity contribution in [3.8, 4) is 0 Å². The first-order valence-corrected chi connectivity index (χ1v) is 7.67. The summed E-state index contributed by atoms with van der Waals surface area (Å²) in [6.45, 7) is 4.18. The molecule has 0 spiro atoms. The predicted molar refractivity (Wildman–Crippen MR) is 84.2 cm³/mol. The average Bonchev–Trinajstić information content (AvgIpc) is 2.46. The Morgan fingerprint density at radius 2 is 2.19 bits per heavy atom. The number of ether oxygens (including phenoxy) is 1. The molecular weight excluding hydrogens is 332 g/mol. The highest BCUT2D eigenvalue weighted by Gasteiger charge is 2.20. The Hall–Kier alpha value is -1.53. The van der Waals surface area contributed by atoms with Gasteiger partial charge in [-0.2, -0.15) is 0 Å². The van der Waals surface area contributed by atoms with E-state index in [4.69, 9.17) is 4.74 Å². The number of aryl methyl sites for hydroxylation is 1. The van der Waals surface area contributed by atoms with Crippen molar-refractivity contribution < 1.29 is 4.74 Å². The van der Waals surface area contributed by atoms with Crippen LogP contribution in [0.3, 0.4) is 0 Å². The fourth-order valence-electron chi connectivity index (χ4n) is 2.52. The second-order valence-corrected chi connectivity index (χ2v) is 6.06. The van der Waals surface area contributed by atoms with Crippen molar-refractivity contribution in [2.45, 2.75) is 26.5 Å². The lowest BCUT2D eigenvalue weighted by atomic mass is 10.1. The summed E-state index contributed by atoms with van der Waals surface area (Å²) in [5.41, 5.74) is 3.30. The van der Waals surface area contributed by atoms with Gasteiger partial charge in [0, 0.05) is 48.5 Å². The fourth-order valence-corrected chi connectivity index (χ4v) is 3.06. The molecule has 0 bridgehead atoms. The number of rotatable bonds is 3. The lowest BCUT2D eigenvalue weighted by molar-refractivity contribution is 0.177. The van der Waals surface area contributed by atoms with Crippen LogP contribution in [0.1, 0.15) is 22.8 Å². The largest absolute Gasteiger partial charge is 0.377 e. The molecule has 0 aromatic carbocycles. The minimum Gasteiger partial charge on any atom is -0.377 e. The molecule has 0 saturated heterocycles. The lowest BCUT2D eigenvalue weighted by Gasteiger charge is -2.29. The molecule has 3 rings (SSSR count). The van der Waals surface area contributed by atoms with Crippen LogP contribution < -0.4 is 4.90 Å². The third-order valence-corrected chi connectivity index (χ3v) is 3.94. The van der Waals surface area contributed by atoms with Gasteiger partial charge in [0.15, 0.2) is 5.82 Å². The summed E-state index contributed by atoms with van der Waals surface area (Å²) in [6, 6.07) is 4.07. The molecule has 6 heteroatoms. The molecule has 21 heavy (non-hydrogen) atoms. The number of halogens is 1. The standard InChI is InChI=1S/C15H17BrN4O/c1-10-5-12(16)6-15(18-10)20-4-3-13-11(8-20)7-17-14(19-13)9-21-2/h5-7H,3-4,8-9H2,1-2H3.